The minimum absolute atomic E-state index is 0.168. The minimum Gasteiger partial charge on any atom is -0.483 e. The van der Waals surface area contributed by atoms with Crippen molar-refractivity contribution in [3.05, 3.63) is 51.1 Å². The Labute approximate surface area is 144 Å². The largest absolute Gasteiger partial charge is 0.483 e. The van der Waals surface area contributed by atoms with Gasteiger partial charge in [-0.3, -0.25) is 14.4 Å². The van der Waals surface area contributed by atoms with Crippen LogP contribution in [0.25, 0.3) is 0 Å². The molecular weight excluding hydrogens is 326 g/mol. The summed E-state index contributed by atoms with van der Waals surface area (Å²) in [6.45, 7) is 6.49. The van der Waals surface area contributed by atoms with Gasteiger partial charge in [-0.1, -0.05) is 13.8 Å². The summed E-state index contributed by atoms with van der Waals surface area (Å²) in [6.07, 6.45) is 2.11. The van der Waals surface area contributed by atoms with Crippen molar-refractivity contribution in [3.63, 3.8) is 0 Å². The summed E-state index contributed by atoms with van der Waals surface area (Å²) in [7, 11) is 0. The normalized spacial score (nSPS) is 13.0. The van der Waals surface area contributed by atoms with E-state index >= 15 is 0 Å². The fourth-order valence-corrected chi connectivity index (χ4v) is 2.55. The molecule has 0 fully saturated rings. The molecule has 0 unspecified atom stereocenters. The molecule has 8 nitrogen and oxygen atoms in total. The highest BCUT2D eigenvalue weighted by molar-refractivity contribution is 5.93. The Morgan fingerprint density at radius 2 is 2.16 bits per heavy atom. The van der Waals surface area contributed by atoms with Gasteiger partial charge in [0.2, 0.25) is 0 Å². The third-order valence-corrected chi connectivity index (χ3v) is 3.81. The fraction of sp³-hybridized carbons (Fsp3) is 0.412. The standard InChI is InChI=1S/C16H19N3O3.CH2O2/c1-9(2)15-18-12-8-19(5-4-14(12)22-15)16(21)11-7-17-10(3)6-13(11)20;2-1-3/h6-7,9H,4-5,8H2,1-3H3,(H,17,20);1H,(H,2,3). The minimum atomic E-state index is -0.263. The average molecular weight is 347 g/mol. The Bertz CT molecular complexity index is 822. The Balaban J connectivity index is 0.000000701. The van der Waals surface area contributed by atoms with Crippen molar-refractivity contribution < 1.29 is 19.1 Å². The van der Waals surface area contributed by atoms with E-state index in [0.717, 1.165) is 17.1 Å². The summed E-state index contributed by atoms with van der Waals surface area (Å²) in [6, 6.07) is 1.44. The maximum absolute atomic E-state index is 12.5. The number of fused-ring (bicyclic) bond motifs is 1. The Kier molecular flexibility index (Phi) is 5.74. The van der Waals surface area contributed by atoms with Crippen LogP contribution in [-0.4, -0.2) is 38.9 Å². The van der Waals surface area contributed by atoms with Crippen molar-refractivity contribution in [1.29, 1.82) is 0 Å². The van der Waals surface area contributed by atoms with E-state index in [0.29, 0.717) is 25.4 Å². The number of H-pyrrole nitrogens is 1. The van der Waals surface area contributed by atoms with Gasteiger partial charge >= 0.3 is 0 Å². The molecule has 1 amide bonds. The van der Waals surface area contributed by atoms with E-state index < -0.39 is 0 Å². The second-order valence-electron chi connectivity index (χ2n) is 6.05. The van der Waals surface area contributed by atoms with E-state index in [1.165, 1.54) is 12.3 Å². The first-order chi connectivity index (χ1) is 11.9. The quantitative estimate of drug-likeness (QED) is 0.799. The Morgan fingerprint density at radius 1 is 1.48 bits per heavy atom. The van der Waals surface area contributed by atoms with Crippen molar-refractivity contribution in [2.24, 2.45) is 0 Å². The molecule has 0 atom stereocenters. The van der Waals surface area contributed by atoms with Crippen molar-refractivity contribution in [3.8, 4) is 0 Å². The number of nitrogens with one attached hydrogen (secondary N) is 1. The van der Waals surface area contributed by atoms with Gasteiger partial charge in [0.25, 0.3) is 12.4 Å². The number of hydrogen-bond acceptors (Lipinski definition) is 5. The molecule has 0 saturated heterocycles. The van der Waals surface area contributed by atoms with Gasteiger partial charge < -0.3 is 19.4 Å². The Morgan fingerprint density at radius 3 is 2.76 bits per heavy atom. The number of amides is 1. The average Bonchev–Trinajstić information content (AvgIpc) is 2.98. The zero-order valence-electron chi connectivity index (χ0n) is 14.4. The second kappa shape index (κ2) is 7.78. The highest BCUT2D eigenvalue weighted by Crippen LogP contribution is 2.24. The zero-order chi connectivity index (χ0) is 18.6. The van der Waals surface area contributed by atoms with E-state index in [1.54, 1.807) is 11.8 Å². The third-order valence-electron chi connectivity index (χ3n) is 3.81. The molecular formula is C17H21N3O5. The second-order valence-corrected chi connectivity index (χ2v) is 6.05. The summed E-state index contributed by atoms with van der Waals surface area (Å²) >= 11 is 0. The molecule has 0 radical (unpaired) electrons. The highest BCUT2D eigenvalue weighted by atomic mass is 16.4. The van der Waals surface area contributed by atoms with Gasteiger partial charge in [0.1, 0.15) is 17.0 Å². The van der Waals surface area contributed by atoms with Gasteiger partial charge in [-0.25, -0.2) is 4.98 Å². The van der Waals surface area contributed by atoms with Crippen molar-refractivity contribution in [2.45, 2.75) is 39.7 Å². The van der Waals surface area contributed by atoms with Crippen LogP contribution >= 0.6 is 0 Å². The number of rotatable bonds is 2. The number of aromatic amines is 1. The van der Waals surface area contributed by atoms with Gasteiger partial charge in [0, 0.05) is 36.8 Å². The molecule has 0 aromatic carbocycles. The lowest BCUT2D eigenvalue weighted by molar-refractivity contribution is -0.122. The van der Waals surface area contributed by atoms with Crippen LogP contribution < -0.4 is 5.43 Å². The summed E-state index contributed by atoms with van der Waals surface area (Å²) in [4.78, 5) is 41.9. The van der Waals surface area contributed by atoms with E-state index in [4.69, 9.17) is 14.3 Å². The van der Waals surface area contributed by atoms with E-state index in [9.17, 15) is 9.59 Å². The van der Waals surface area contributed by atoms with Gasteiger partial charge in [-0.05, 0) is 6.92 Å². The zero-order valence-corrected chi connectivity index (χ0v) is 14.4. The number of carboxylic acid groups (broad SMARTS) is 1. The van der Waals surface area contributed by atoms with Crippen LogP contribution in [0.4, 0.5) is 0 Å². The molecule has 25 heavy (non-hydrogen) atoms. The fourth-order valence-electron chi connectivity index (χ4n) is 2.55. The summed E-state index contributed by atoms with van der Waals surface area (Å²) < 4.78 is 5.72. The van der Waals surface area contributed by atoms with Crippen molar-refractivity contribution in [2.75, 3.05) is 6.54 Å². The lowest BCUT2D eigenvalue weighted by atomic mass is 10.1. The van der Waals surface area contributed by atoms with Gasteiger partial charge in [-0.15, -0.1) is 0 Å². The topological polar surface area (TPSA) is 117 Å². The smallest absolute Gasteiger partial charge is 0.290 e. The number of carbonyl (C=O) groups excluding carboxylic acids is 1. The molecule has 3 heterocycles. The van der Waals surface area contributed by atoms with Crippen molar-refractivity contribution in [1.82, 2.24) is 14.9 Å². The summed E-state index contributed by atoms with van der Waals surface area (Å²) in [5, 5.41) is 6.89. The summed E-state index contributed by atoms with van der Waals surface area (Å²) in [5.41, 5.74) is 1.45. The molecule has 0 aliphatic carbocycles. The number of hydrogen-bond donors (Lipinski definition) is 2. The van der Waals surface area contributed by atoms with Crippen LogP contribution in [0.5, 0.6) is 0 Å². The predicted molar refractivity (Wildman–Crippen MR) is 89.5 cm³/mol. The maximum Gasteiger partial charge on any atom is 0.290 e. The number of pyridine rings is 1. The van der Waals surface area contributed by atoms with Crippen LogP contribution in [0.1, 0.15) is 53.2 Å². The van der Waals surface area contributed by atoms with E-state index in [2.05, 4.69) is 9.97 Å². The number of carbonyl (C=O) groups is 2. The molecule has 2 aromatic heterocycles. The maximum atomic E-state index is 12.5. The molecule has 3 rings (SSSR count). The van der Waals surface area contributed by atoms with Crippen molar-refractivity contribution >= 4 is 12.4 Å². The number of aromatic nitrogens is 2. The SMILES string of the molecule is Cc1cc(=O)c(C(=O)N2CCc3oc(C(C)C)nc3C2)c[nH]1.O=CO. The number of oxazole rings is 1. The van der Waals surface area contributed by atoms with Crippen LogP contribution in [0.2, 0.25) is 0 Å². The Hall–Kier alpha value is -2.90. The van der Waals surface area contributed by atoms with Crippen LogP contribution in [-0.2, 0) is 17.8 Å². The molecule has 0 spiro atoms. The first kappa shape index (κ1) is 18.4. The number of aryl methyl sites for hydroxylation is 1. The molecule has 1 aliphatic rings. The lowest BCUT2D eigenvalue weighted by Gasteiger charge is -2.25. The van der Waals surface area contributed by atoms with Crippen LogP contribution in [0.3, 0.4) is 0 Å². The third kappa shape index (κ3) is 4.14. The number of nitrogens with zero attached hydrogens (tertiary/aromatic N) is 2. The molecule has 134 valence electrons. The molecule has 2 N–H and O–H groups in total. The van der Waals surface area contributed by atoms with Crippen LogP contribution in [0.15, 0.2) is 21.5 Å². The first-order valence-electron chi connectivity index (χ1n) is 7.92. The first-order valence-corrected chi connectivity index (χ1v) is 7.92. The lowest BCUT2D eigenvalue weighted by Crippen LogP contribution is -2.38. The van der Waals surface area contributed by atoms with Gasteiger partial charge in [0.05, 0.1) is 6.54 Å². The van der Waals surface area contributed by atoms with Gasteiger partial charge in [0.15, 0.2) is 11.3 Å². The molecule has 2 aromatic rings. The van der Waals surface area contributed by atoms with Gasteiger partial charge in [-0.2, -0.15) is 0 Å². The molecule has 0 bridgehead atoms. The molecule has 0 saturated carbocycles. The van der Waals surface area contributed by atoms with Crippen LogP contribution in [0, 0.1) is 6.92 Å². The molecule has 8 heteroatoms. The molecule has 1 aliphatic heterocycles. The van der Waals surface area contributed by atoms with E-state index in [1.807, 2.05) is 13.8 Å². The highest BCUT2D eigenvalue weighted by Gasteiger charge is 2.27. The predicted octanol–water partition coefficient (Wildman–Crippen LogP) is 1.69. The summed E-state index contributed by atoms with van der Waals surface area (Å²) in [5.74, 6) is 1.51. The van der Waals surface area contributed by atoms with E-state index in [-0.39, 0.29) is 29.3 Å². The monoisotopic (exact) mass is 347 g/mol.